The molecule has 1 atom stereocenters. The number of hydrogen-bond donors (Lipinski definition) is 0. The van der Waals surface area contributed by atoms with Gasteiger partial charge in [-0.15, -0.1) is 0 Å². The zero-order valence-electron chi connectivity index (χ0n) is 7.23. The van der Waals surface area contributed by atoms with Crippen LogP contribution in [0.3, 0.4) is 0 Å². The Morgan fingerprint density at radius 1 is 1.40 bits per heavy atom. The van der Waals surface area contributed by atoms with Crippen molar-refractivity contribution < 1.29 is 4.74 Å². The first-order chi connectivity index (χ1) is 4.85. The molecule has 0 aromatic rings. The van der Waals surface area contributed by atoms with Gasteiger partial charge in [-0.05, 0) is 12.8 Å². The van der Waals surface area contributed by atoms with Crippen LogP contribution in [-0.2, 0) is 4.74 Å². The molecule has 1 heteroatoms. The van der Waals surface area contributed by atoms with Gasteiger partial charge in [0.15, 0.2) is 0 Å². The molecule has 0 aliphatic rings. The molecular formula is C9H19O. The predicted octanol–water partition coefficient (Wildman–Crippen LogP) is 2.81. The van der Waals surface area contributed by atoms with Gasteiger partial charge >= 0.3 is 0 Å². The molecule has 0 amide bonds. The maximum absolute atomic E-state index is 5.26. The van der Waals surface area contributed by atoms with E-state index in [0.29, 0.717) is 6.10 Å². The Morgan fingerprint density at radius 2 is 2.10 bits per heavy atom. The number of hydrogen-bond acceptors (Lipinski definition) is 1. The minimum absolute atomic E-state index is 0.478. The average Bonchev–Trinajstić information content (AvgIpc) is 1.98. The summed E-state index contributed by atoms with van der Waals surface area (Å²) in [7, 11) is 1.80. The molecule has 61 valence electrons. The lowest BCUT2D eigenvalue weighted by molar-refractivity contribution is 0.0858. The van der Waals surface area contributed by atoms with Crippen molar-refractivity contribution in [1.82, 2.24) is 0 Å². The lowest BCUT2D eigenvalue weighted by Gasteiger charge is -2.12. The SMILES string of the molecule is [CH2]CCCC(CCC)OC. The van der Waals surface area contributed by atoms with E-state index in [1.807, 2.05) is 0 Å². The lowest BCUT2D eigenvalue weighted by atomic mass is 10.1. The van der Waals surface area contributed by atoms with E-state index in [-0.39, 0.29) is 0 Å². The van der Waals surface area contributed by atoms with E-state index in [2.05, 4.69) is 13.8 Å². The maximum Gasteiger partial charge on any atom is 0.0571 e. The quantitative estimate of drug-likeness (QED) is 0.555. The largest absolute Gasteiger partial charge is 0.381 e. The van der Waals surface area contributed by atoms with Gasteiger partial charge in [-0.1, -0.05) is 33.1 Å². The van der Waals surface area contributed by atoms with E-state index < -0.39 is 0 Å². The number of ether oxygens (including phenoxy) is 1. The highest BCUT2D eigenvalue weighted by Crippen LogP contribution is 2.08. The molecule has 10 heavy (non-hydrogen) atoms. The van der Waals surface area contributed by atoms with Crippen LogP contribution in [-0.4, -0.2) is 13.2 Å². The number of rotatable bonds is 6. The summed E-state index contributed by atoms with van der Waals surface area (Å²) in [5.74, 6) is 0. The van der Waals surface area contributed by atoms with Crippen molar-refractivity contribution in [2.24, 2.45) is 0 Å². The van der Waals surface area contributed by atoms with Gasteiger partial charge in [-0.2, -0.15) is 0 Å². The topological polar surface area (TPSA) is 9.23 Å². The fourth-order valence-corrected chi connectivity index (χ4v) is 1.07. The third-order valence-electron chi connectivity index (χ3n) is 1.72. The molecule has 0 heterocycles. The summed E-state index contributed by atoms with van der Waals surface area (Å²) in [6.07, 6.45) is 6.29. The van der Waals surface area contributed by atoms with E-state index in [0.717, 1.165) is 6.42 Å². The standard InChI is InChI=1S/C9H19O/c1-4-6-8-9(10-3)7-5-2/h9H,1,4-8H2,2-3H3. The van der Waals surface area contributed by atoms with Crippen molar-refractivity contribution >= 4 is 0 Å². The zero-order chi connectivity index (χ0) is 7.82. The summed E-state index contributed by atoms with van der Waals surface area (Å²) in [6, 6.07) is 0. The summed E-state index contributed by atoms with van der Waals surface area (Å²) in [5, 5.41) is 0. The molecule has 0 aliphatic carbocycles. The van der Waals surface area contributed by atoms with E-state index in [1.54, 1.807) is 7.11 Å². The minimum Gasteiger partial charge on any atom is -0.381 e. The van der Waals surface area contributed by atoms with Crippen LogP contribution >= 0.6 is 0 Å². The normalized spacial score (nSPS) is 13.5. The van der Waals surface area contributed by atoms with Crippen molar-refractivity contribution in [1.29, 1.82) is 0 Å². The maximum atomic E-state index is 5.26. The summed E-state index contributed by atoms with van der Waals surface area (Å²) < 4.78 is 5.26. The van der Waals surface area contributed by atoms with Gasteiger partial charge in [0.2, 0.25) is 0 Å². The van der Waals surface area contributed by atoms with Crippen LogP contribution in [0.5, 0.6) is 0 Å². The predicted molar refractivity (Wildman–Crippen MR) is 44.9 cm³/mol. The van der Waals surface area contributed by atoms with Crippen LogP contribution < -0.4 is 0 Å². The fourth-order valence-electron chi connectivity index (χ4n) is 1.07. The average molecular weight is 143 g/mol. The van der Waals surface area contributed by atoms with Gasteiger partial charge in [0.25, 0.3) is 0 Å². The molecule has 1 nitrogen and oxygen atoms in total. The summed E-state index contributed by atoms with van der Waals surface area (Å²) in [4.78, 5) is 0. The first-order valence-electron chi connectivity index (χ1n) is 4.17. The van der Waals surface area contributed by atoms with Crippen LogP contribution in [0.25, 0.3) is 0 Å². The van der Waals surface area contributed by atoms with Gasteiger partial charge in [0.05, 0.1) is 6.10 Å². The molecule has 0 spiro atoms. The van der Waals surface area contributed by atoms with Gasteiger partial charge in [0.1, 0.15) is 0 Å². The van der Waals surface area contributed by atoms with Gasteiger partial charge < -0.3 is 4.74 Å². The van der Waals surface area contributed by atoms with Crippen molar-refractivity contribution in [2.75, 3.05) is 7.11 Å². The van der Waals surface area contributed by atoms with E-state index in [9.17, 15) is 0 Å². The lowest BCUT2D eigenvalue weighted by Crippen LogP contribution is -2.09. The van der Waals surface area contributed by atoms with Crippen LogP contribution in [0.4, 0.5) is 0 Å². The molecule has 1 radical (unpaired) electrons. The first kappa shape index (κ1) is 9.96. The molecule has 0 saturated carbocycles. The molecule has 0 fully saturated rings. The molecule has 0 aliphatic heterocycles. The van der Waals surface area contributed by atoms with E-state index in [4.69, 9.17) is 4.74 Å². The molecule has 0 rings (SSSR count). The Balaban J connectivity index is 3.21. The Hall–Kier alpha value is -0.0400. The second-order valence-electron chi connectivity index (χ2n) is 2.64. The van der Waals surface area contributed by atoms with E-state index >= 15 is 0 Å². The highest BCUT2D eigenvalue weighted by Gasteiger charge is 2.03. The molecule has 0 aromatic heterocycles. The molecule has 0 N–H and O–H groups in total. The molecule has 0 saturated heterocycles. The molecule has 0 bridgehead atoms. The van der Waals surface area contributed by atoms with Gasteiger partial charge in [-0.25, -0.2) is 0 Å². The monoisotopic (exact) mass is 143 g/mol. The second kappa shape index (κ2) is 7.07. The Kier molecular flexibility index (Phi) is 7.04. The van der Waals surface area contributed by atoms with Crippen LogP contribution in [0.15, 0.2) is 0 Å². The summed E-state index contributed by atoms with van der Waals surface area (Å²) >= 11 is 0. The smallest absolute Gasteiger partial charge is 0.0571 e. The third-order valence-corrected chi connectivity index (χ3v) is 1.72. The number of unbranched alkanes of at least 4 members (excludes halogenated alkanes) is 1. The highest BCUT2D eigenvalue weighted by atomic mass is 16.5. The Bertz CT molecular complexity index is 61.7. The first-order valence-corrected chi connectivity index (χ1v) is 4.17. The Morgan fingerprint density at radius 3 is 2.50 bits per heavy atom. The Labute approximate surface area is 64.8 Å². The fraction of sp³-hybridized carbons (Fsp3) is 0.889. The van der Waals surface area contributed by atoms with E-state index in [1.165, 1.54) is 25.7 Å². The van der Waals surface area contributed by atoms with Crippen LogP contribution in [0.1, 0.15) is 39.0 Å². The van der Waals surface area contributed by atoms with Crippen LogP contribution in [0.2, 0.25) is 0 Å². The van der Waals surface area contributed by atoms with Gasteiger partial charge in [0, 0.05) is 7.11 Å². The minimum atomic E-state index is 0.478. The zero-order valence-corrected chi connectivity index (χ0v) is 7.23. The van der Waals surface area contributed by atoms with Gasteiger partial charge in [-0.3, -0.25) is 0 Å². The number of methoxy groups -OCH3 is 1. The van der Waals surface area contributed by atoms with Crippen molar-refractivity contribution in [3.05, 3.63) is 6.92 Å². The van der Waals surface area contributed by atoms with Crippen molar-refractivity contribution in [2.45, 2.75) is 45.1 Å². The third kappa shape index (κ3) is 4.80. The molecule has 0 aromatic carbocycles. The highest BCUT2D eigenvalue weighted by molar-refractivity contribution is 4.56. The molecule has 1 unspecified atom stereocenters. The van der Waals surface area contributed by atoms with Crippen molar-refractivity contribution in [3.8, 4) is 0 Å². The summed E-state index contributed by atoms with van der Waals surface area (Å²) in [6.45, 7) is 5.99. The van der Waals surface area contributed by atoms with Crippen LogP contribution in [0, 0.1) is 6.92 Å². The summed E-state index contributed by atoms with van der Waals surface area (Å²) in [5.41, 5.74) is 0. The molecular weight excluding hydrogens is 124 g/mol. The van der Waals surface area contributed by atoms with Crippen molar-refractivity contribution in [3.63, 3.8) is 0 Å². The second-order valence-corrected chi connectivity index (χ2v) is 2.64.